The van der Waals surface area contributed by atoms with Crippen molar-refractivity contribution in [3.63, 3.8) is 0 Å². The predicted octanol–water partition coefficient (Wildman–Crippen LogP) is 1.26. The van der Waals surface area contributed by atoms with E-state index in [1.54, 1.807) is 20.2 Å². The maximum Gasteiger partial charge on any atom is 0.219 e. The lowest BCUT2D eigenvalue weighted by atomic mass is 10.2. The summed E-state index contributed by atoms with van der Waals surface area (Å²) in [5, 5.41) is 0. The van der Waals surface area contributed by atoms with Gasteiger partial charge in [-0.25, -0.2) is 11.6 Å². The highest BCUT2D eigenvalue weighted by atomic mass is 16.5. The quantitative estimate of drug-likeness (QED) is 0.652. The van der Waals surface area contributed by atoms with Gasteiger partial charge in [0, 0.05) is 11.8 Å². The van der Waals surface area contributed by atoms with E-state index >= 15 is 0 Å². The highest BCUT2D eigenvalue weighted by molar-refractivity contribution is 5.24. The monoisotopic (exact) mass is 177 g/mol. The summed E-state index contributed by atoms with van der Waals surface area (Å²) in [5.74, 6) is 1.26. The van der Waals surface area contributed by atoms with Crippen molar-refractivity contribution in [1.29, 1.82) is 0 Å². The Kier molecular flexibility index (Phi) is 3.21. The molecule has 4 heteroatoms. The van der Waals surface area contributed by atoms with Gasteiger partial charge in [0.05, 0.1) is 13.5 Å². The lowest BCUT2D eigenvalue weighted by Gasteiger charge is -2.04. The third kappa shape index (κ3) is 2.41. The first-order valence-electron chi connectivity index (χ1n) is 3.97. The Morgan fingerprint density at radius 3 is 3.00 bits per heavy atom. The molecule has 0 unspecified atom stereocenters. The van der Waals surface area contributed by atoms with Gasteiger partial charge in [-0.1, -0.05) is 0 Å². The molecular formula is C9H11N3O. The molecule has 0 bridgehead atoms. The minimum atomic E-state index is 0.447. The molecule has 0 saturated carbocycles. The number of nitrogens with zero attached hydrogens (tertiary/aromatic N) is 3. The Balaban J connectivity index is 2.87. The van der Waals surface area contributed by atoms with Crippen LogP contribution in [0.15, 0.2) is 6.20 Å². The van der Waals surface area contributed by atoms with E-state index in [9.17, 15) is 0 Å². The molecule has 1 heterocycles. The SMILES string of the molecule is [C-]#[N+]CCc1cnc(C)nc1OC. The number of methoxy groups -OCH3 is 1. The molecule has 0 radical (unpaired) electrons. The molecule has 68 valence electrons. The van der Waals surface area contributed by atoms with Crippen molar-refractivity contribution >= 4 is 0 Å². The van der Waals surface area contributed by atoms with Gasteiger partial charge in [-0.05, 0) is 6.92 Å². The van der Waals surface area contributed by atoms with E-state index in [2.05, 4.69) is 14.8 Å². The van der Waals surface area contributed by atoms with Gasteiger partial charge in [0.25, 0.3) is 0 Å². The Hall–Kier alpha value is -1.63. The van der Waals surface area contributed by atoms with Crippen LogP contribution >= 0.6 is 0 Å². The number of rotatable bonds is 3. The molecular weight excluding hydrogens is 166 g/mol. The molecule has 4 nitrogen and oxygen atoms in total. The largest absolute Gasteiger partial charge is 0.481 e. The molecule has 0 N–H and O–H groups in total. The van der Waals surface area contributed by atoms with E-state index in [0.717, 1.165) is 5.56 Å². The fourth-order valence-corrected chi connectivity index (χ4v) is 0.999. The van der Waals surface area contributed by atoms with Crippen LogP contribution in [0.1, 0.15) is 11.4 Å². The molecule has 0 saturated heterocycles. The molecule has 13 heavy (non-hydrogen) atoms. The highest BCUT2D eigenvalue weighted by Gasteiger charge is 2.06. The standard InChI is InChI=1S/C9H11N3O/c1-7-11-6-8(4-5-10-2)9(12-7)13-3/h6H,4-5H2,1,3H3. The van der Waals surface area contributed by atoms with Crippen LogP contribution in [-0.2, 0) is 6.42 Å². The molecule has 0 fully saturated rings. The second-order valence-corrected chi connectivity index (χ2v) is 2.58. The van der Waals surface area contributed by atoms with Gasteiger partial charge in [0.2, 0.25) is 12.4 Å². The van der Waals surface area contributed by atoms with Gasteiger partial charge in [-0.2, -0.15) is 4.98 Å². The van der Waals surface area contributed by atoms with Gasteiger partial charge in [-0.15, -0.1) is 0 Å². The maximum atomic E-state index is 6.67. The summed E-state index contributed by atoms with van der Waals surface area (Å²) in [7, 11) is 1.57. The van der Waals surface area contributed by atoms with Crippen molar-refractivity contribution in [1.82, 2.24) is 9.97 Å². The molecule has 1 aromatic heterocycles. The summed E-state index contributed by atoms with van der Waals surface area (Å²) in [4.78, 5) is 11.4. The summed E-state index contributed by atoms with van der Waals surface area (Å²) in [6, 6.07) is 0. The average molecular weight is 177 g/mol. The Morgan fingerprint density at radius 1 is 1.62 bits per heavy atom. The van der Waals surface area contributed by atoms with Crippen molar-refractivity contribution in [2.45, 2.75) is 13.3 Å². The van der Waals surface area contributed by atoms with Crippen LogP contribution in [0.2, 0.25) is 0 Å². The van der Waals surface area contributed by atoms with Gasteiger partial charge in [-0.3, -0.25) is 0 Å². The van der Waals surface area contributed by atoms with Crippen molar-refractivity contribution in [2.24, 2.45) is 0 Å². The zero-order valence-electron chi connectivity index (χ0n) is 7.74. The summed E-state index contributed by atoms with van der Waals surface area (Å²) in [6.45, 7) is 8.92. The second kappa shape index (κ2) is 4.41. The zero-order valence-corrected chi connectivity index (χ0v) is 7.74. The van der Waals surface area contributed by atoms with E-state index in [4.69, 9.17) is 11.3 Å². The number of ether oxygens (including phenoxy) is 1. The van der Waals surface area contributed by atoms with Crippen LogP contribution in [0.25, 0.3) is 4.85 Å². The smallest absolute Gasteiger partial charge is 0.219 e. The van der Waals surface area contributed by atoms with E-state index in [1.165, 1.54) is 0 Å². The van der Waals surface area contributed by atoms with E-state index in [1.807, 2.05) is 0 Å². The summed E-state index contributed by atoms with van der Waals surface area (Å²) in [6.07, 6.45) is 2.36. The fraction of sp³-hybridized carbons (Fsp3) is 0.444. The summed E-state index contributed by atoms with van der Waals surface area (Å²) < 4.78 is 5.07. The lowest BCUT2D eigenvalue weighted by molar-refractivity contribution is 0.390. The van der Waals surface area contributed by atoms with E-state index in [0.29, 0.717) is 24.7 Å². The topological polar surface area (TPSA) is 39.4 Å². The van der Waals surface area contributed by atoms with Crippen LogP contribution in [0.4, 0.5) is 0 Å². The molecule has 1 aromatic rings. The average Bonchev–Trinajstić information content (AvgIpc) is 2.16. The number of hydrogen-bond acceptors (Lipinski definition) is 3. The molecule has 0 aromatic carbocycles. The van der Waals surface area contributed by atoms with Crippen molar-refractivity contribution < 1.29 is 4.74 Å². The van der Waals surface area contributed by atoms with Gasteiger partial charge in [0.1, 0.15) is 5.82 Å². The van der Waals surface area contributed by atoms with Crippen LogP contribution in [0.5, 0.6) is 5.88 Å². The van der Waals surface area contributed by atoms with Crippen molar-refractivity contribution in [3.8, 4) is 5.88 Å². The van der Waals surface area contributed by atoms with E-state index < -0.39 is 0 Å². The van der Waals surface area contributed by atoms with Crippen LogP contribution in [0, 0.1) is 13.5 Å². The third-order valence-corrected chi connectivity index (χ3v) is 1.63. The molecule has 1 rings (SSSR count). The lowest BCUT2D eigenvalue weighted by Crippen LogP contribution is -2.00. The maximum absolute atomic E-state index is 6.67. The van der Waals surface area contributed by atoms with Gasteiger partial charge in [0.15, 0.2) is 0 Å². The summed E-state index contributed by atoms with van der Waals surface area (Å²) in [5.41, 5.74) is 0.893. The number of hydrogen-bond donors (Lipinski definition) is 0. The zero-order chi connectivity index (χ0) is 9.68. The molecule has 0 atom stereocenters. The molecule has 0 spiro atoms. The highest BCUT2D eigenvalue weighted by Crippen LogP contribution is 2.14. The number of aryl methyl sites for hydroxylation is 1. The number of aromatic nitrogens is 2. The van der Waals surface area contributed by atoms with E-state index in [-0.39, 0.29) is 0 Å². The van der Waals surface area contributed by atoms with Crippen LogP contribution in [-0.4, -0.2) is 23.6 Å². The molecule has 0 aliphatic carbocycles. The summed E-state index contributed by atoms with van der Waals surface area (Å²) >= 11 is 0. The van der Waals surface area contributed by atoms with Gasteiger partial charge >= 0.3 is 0 Å². The molecule has 0 aliphatic rings. The Labute approximate surface area is 77.4 Å². The first-order valence-corrected chi connectivity index (χ1v) is 3.97. The minimum Gasteiger partial charge on any atom is -0.481 e. The Morgan fingerprint density at radius 2 is 2.38 bits per heavy atom. The minimum absolute atomic E-state index is 0.447. The van der Waals surface area contributed by atoms with Gasteiger partial charge < -0.3 is 9.58 Å². The fourth-order valence-electron chi connectivity index (χ4n) is 0.999. The van der Waals surface area contributed by atoms with Crippen LogP contribution in [0.3, 0.4) is 0 Å². The third-order valence-electron chi connectivity index (χ3n) is 1.63. The second-order valence-electron chi connectivity index (χ2n) is 2.58. The molecule has 0 aliphatic heterocycles. The van der Waals surface area contributed by atoms with Crippen molar-refractivity contribution in [3.05, 3.63) is 29.0 Å². The molecule has 0 amide bonds. The Bertz CT molecular complexity index is 330. The van der Waals surface area contributed by atoms with Crippen LogP contribution < -0.4 is 4.74 Å². The van der Waals surface area contributed by atoms with Crippen molar-refractivity contribution in [2.75, 3.05) is 13.7 Å². The first-order chi connectivity index (χ1) is 6.27. The first kappa shape index (κ1) is 9.46. The normalized spacial score (nSPS) is 9.31. The predicted molar refractivity (Wildman–Crippen MR) is 48.5 cm³/mol.